The zero-order valence-corrected chi connectivity index (χ0v) is 16.3. The number of ketones is 1. The van der Waals surface area contributed by atoms with Crippen LogP contribution in [-0.2, 0) is 4.74 Å². The van der Waals surface area contributed by atoms with E-state index < -0.39 is 23.3 Å². The molecule has 0 radical (unpaired) electrons. The molecular weight excluding hydrogens is 404 g/mol. The van der Waals surface area contributed by atoms with E-state index >= 15 is 0 Å². The van der Waals surface area contributed by atoms with Gasteiger partial charge in [0.05, 0.1) is 16.1 Å². The number of nitro groups is 1. The summed E-state index contributed by atoms with van der Waals surface area (Å²) in [5.41, 5.74) is 0.598. The molecule has 3 rings (SSSR count). The Morgan fingerprint density at radius 3 is 2.43 bits per heavy atom. The molecule has 0 saturated carbocycles. The molecule has 3 aromatic rings. The number of nitrogens with zero attached hydrogens (tertiary/aromatic N) is 2. The second-order valence-corrected chi connectivity index (χ2v) is 7.10. The van der Waals surface area contributed by atoms with Crippen molar-refractivity contribution in [2.45, 2.75) is 9.79 Å². The van der Waals surface area contributed by atoms with Gasteiger partial charge < -0.3 is 4.74 Å². The second kappa shape index (κ2) is 9.49. The molecule has 7 nitrogen and oxygen atoms in total. The number of Topliss-reactive ketones (excluding diaryl/α,β-unsaturated/α-hetero) is 1. The van der Waals surface area contributed by atoms with Gasteiger partial charge in [-0.05, 0) is 24.3 Å². The minimum atomic E-state index is -0.702. The smallest absolute Gasteiger partial charge is 0.339 e. The number of esters is 1. The van der Waals surface area contributed by atoms with E-state index in [1.165, 1.54) is 30.0 Å². The normalized spacial score (nSPS) is 10.1. The van der Waals surface area contributed by atoms with Gasteiger partial charge in [0, 0.05) is 27.5 Å². The number of nitro benzene ring substituents is 1. The molecule has 8 heteroatoms. The van der Waals surface area contributed by atoms with Crippen molar-refractivity contribution in [3.05, 3.63) is 99.6 Å². The van der Waals surface area contributed by atoms with Crippen LogP contribution < -0.4 is 0 Å². The molecule has 0 unspecified atom stereocenters. The fraction of sp³-hybridized carbons (Fsp3) is 0.0455. The van der Waals surface area contributed by atoms with Crippen molar-refractivity contribution >= 4 is 29.2 Å². The molecule has 0 spiro atoms. The predicted octanol–water partition coefficient (Wildman–Crippen LogP) is 4.66. The quantitative estimate of drug-likeness (QED) is 0.237. The SMILES string of the molecule is N#Cc1ccccc1Sc1ccccc1C(=O)OCC(=O)c1cccc([N+](=O)[O-])c1. The van der Waals surface area contributed by atoms with Gasteiger partial charge in [-0.25, -0.2) is 4.79 Å². The Morgan fingerprint density at radius 2 is 1.70 bits per heavy atom. The first-order valence-electron chi connectivity index (χ1n) is 8.70. The number of benzene rings is 3. The number of hydrogen-bond donors (Lipinski definition) is 0. The lowest BCUT2D eigenvalue weighted by molar-refractivity contribution is -0.384. The highest BCUT2D eigenvalue weighted by Gasteiger charge is 2.18. The van der Waals surface area contributed by atoms with Gasteiger partial charge in [0.15, 0.2) is 6.61 Å². The summed E-state index contributed by atoms with van der Waals surface area (Å²) in [4.78, 5) is 36.3. The molecule has 148 valence electrons. The molecular formula is C22H14N2O5S. The fourth-order valence-electron chi connectivity index (χ4n) is 2.58. The maximum Gasteiger partial charge on any atom is 0.339 e. The Bertz CT molecular complexity index is 1170. The van der Waals surface area contributed by atoms with Crippen LogP contribution in [-0.4, -0.2) is 23.3 Å². The Balaban J connectivity index is 1.74. The summed E-state index contributed by atoms with van der Waals surface area (Å²) in [6.45, 7) is -0.548. The molecule has 0 aliphatic rings. The van der Waals surface area contributed by atoms with Crippen molar-refractivity contribution < 1.29 is 19.2 Å². The number of non-ortho nitro benzene ring substituents is 1. The van der Waals surface area contributed by atoms with E-state index in [1.54, 1.807) is 48.5 Å². The minimum absolute atomic E-state index is 0.0857. The maximum absolute atomic E-state index is 12.6. The van der Waals surface area contributed by atoms with Crippen LogP contribution in [0.2, 0.25) is 0 Å². The average molecular weight is 418 g/mol. The molecule has 0 saturated heterocycles. The lowest BCUT2D eigenvalue weighted by atomic mass is 10.1. The van der Waals surface area contributed by atoms with E-state index in [2.05, 4.69) is 6.07 Å². The Morgan fingerprint density at radius 1 is 1.00 bits per heavy atom. The molecule has 0 aliphatic heterocycles. The summed E-state index contributed by atoms with van der Waals surface area (Å²) in [6, 6.07) is 21.0. The van der Waals surface area contributed by atoms with Gasteiger partial charge in [-0.2, -0.15) is 5.26 Å². The van der Waals surface area contributed by atoms with E-state index in [0.29, 0.717) is 15.4 Å². The Kier molecular flexibility index (Phi) is 6.57. The largest absolute Gasteiger partial charge is 0.454 e. The molecule has 0 aliphatic carbocycles. The first-order chi connectivity index (χ1) is 14.5. The lowest BCUT2D eigenvalue weighted by Crippen LogP contribution is -2.15. The van der Waals surface area contributed by atoms with Gasteiger partial charge in [-0.1, -0.05) is 48.2 Å². The number of carbonyl (C=O) groups is 2. The third-order valence-electron chi connectivity index (χ3n) is 4.05. The summed E-state index contributed by atoms with van der Waals surface area (Å²) in [5.74, 6) is -1.25. The molecule has 0 aromatic heterocycles. The number of hydrogen-bond acceptors (Lipinski definition) is 7. The molecule has 0 amide bonds. The minimum Gasteiger partial charge on any atom is -0.454 e. The van der Waals surface area contributed by atoms with Gasteiger partial charge in [-0.15, -0.1) is 0 Å². The highest BCUT2D eigenvalue weighted by atomic mass is 32.2. The van der Waals surface area contributed by atoms with Gasteiger partial charge in [0.1, 0.15) is 6.07 Å². The van der Waals surface area contributed by atoms with Crippen LogP contribution >= 0.6 is 11.8 Å². The molecule has 0 fully saturated rings. The van der Waals surface area contributed by atoms with Crippen LogP contribution in [0.5, 0.6) is 0 Å². The first-order valence-corrected chi connectivity index (χ1v) is 9.52. The number of ether oxygens (including phenoxy) is 1. The van der Waals surface area contributed by atoms with E-state index in [0.717, 1.165) is 6.07 Å². The standard InChI is InChI=1S/C22H14N2O5S/c23-13-16-6-1-3-10-20(16)30-21-11-4-2-9-18(21)22(26)29-14-19(25)15-7-5-8-17(12-15)24(27)28/h1-12H,14H2. The fourth-order valence-corrected chi connectivity index (χ4v) is 3.59. The monoisotopic (exact) mass is 418 g/mol. The summed E-state index contributed by atoms with van der Waals surface area (Å²) in [7, 11) is 0. The Hall–Kier alpha value is -3.96. The molecule has 30 heavy (non-hydrogen) atoms. The van der Waals surface area contributed by atoms with Crippen molar-refractivity contribution in [1.82, 2.24) is 0 Å². The summed E-state index contributed by atoms with van der Waals surface area (Å²) >= 11 is 1.25. The van der Waals surface area contributed by atoms with E-state index in [9.17, 15) is 25.0 Å². The zero-order valence-electron chi connectivity index (χ0n) is 15.5. The van der Waals surface area contributed by atoms with Crippen LogP contribution in [0.15, 0.2) is 82.6 Å². The van der Waals surface area contributed by atoms with Crippen molar-refractivity contribution in [2.75, 3.05) is 6.61 Å². The van der Waals surface area contributed by atoms with Crippen LogP contribution in [0.3, 0.4) is 0 Å². The van der Waals surface area contributed by atoms with Crippen LogP contribution in [0.4, 0.5) is 5.69 Å². The van der Waals surface area contributed by atoms with Crippen molar-refractivity contribution in [3.63, 3.8) is 0 Å². The number of rotatable bonds is 7. The van der Waals surface area contributed by atoms with Crippen LogP contribution in [0.1, 0.15) is 26.3 Å². The van der Waals surface area contributed by atoms with Gasteiger partial charge in [0.2, 0.25) is 5.78 Å². The predicted molar refractivity (Wildman–Crippen MR) is 109 cm³/mol. The van der Waals surface area contributed by atoms with Crippen molar-refractivity contribution in [3.8, 4) is 6.07 Å². The van der Waals surface area contributed by atoms with Gasteiger partial charge >= 0.3 is 5.97 Å². The summed E-state index contributed by atoms with van der Waals surface area (Å²) < 4.78 is 5.14. The van der Waals surface area contributed by atoms with Crippen LogP contribution in [0.25, 0.3) is 0 Å². The van der Waals surface area contributed by atoms with E-state index in [-0.39, 0.29) is 16.8 Å². The molecule has 3 aromatic carbocycles. The van der Waals surface area contributed by atoms with E-state index in [4.69, 9.17) is 4.74 Å². The highest BCUT2D eigenvalue weighted by molar-refractivity contribution is 7.99. The third kappa shape index (κ3) is 4.90. The molecule has 0 atom stereocenters. The maximum atomic E-state index is 12.6. The third-order valence-corrected chi connectivity index (χ3v) is 5.20. The van der Waals surface area contributed by atoms with Gasteiger partial charge in [-0.3, -0.25) is 14.9 Å². The first kappa shape index (κ1) is 20.8. The zero-order chi connectivity index (χ0) is 21.5. The average Bonchev–Trinajstić information content (AvgIpc) is 2.78. The molecule has 0 bridgehead atoms. The van der Waals surface area contributed by atoms with Crippen molar-refractivity contribution in [2.24, 2.45) is 0 Å². The van der Waals surface area contributed by atoms with Gasteiger partial charge in [0.25, 0.3) is 5.69 Å². The number of nitriles is 1. The van der Waals surface area contributed by atoms with Crippen molar-refractivity contribution in [1.29, 1.82) is 5.26 Å². The summed E-state index contributed by atoms with van der Waals surface area (Å²) in [6.07, 6.45) is 0. The molecule has 0 heterocycles. The highest BCUT2D eigenvalue weighted by Crippen LogP contribution is 2.32. The van der Waals surface area contributed by atoms with Crippen LogP contribution in [0, 0.1) is 21.4 Å². The second-order valence-electron chi connectivity index (χ2n) is 6.01. The summed E-state index contributed by atoms with van der Waals surface area (Å²) in [5, 5.41) is 20.1. The Labute approximate surface area is 176 Å². The number of carbonyl (C=O) groups excluding carboxylic acids is 2. The molecule has 0 N–H and O–H groups in total. The lowest BCUT2D eigenvalue weighted by Gasteiger charge is -2.10. The van der Waals surface area contributed by atoms with E-state index in [1.807, 2.05) is 0 Å². The topological polar surface area (TPSA) is 110 Å².